The Morgan fingerprint density at radius 2 is 2.25 bits per heavy atom. The zero-order valence-electron chi connectivity index (χ0n) is 9.06. The Balaban J connectivity index is 1.49. The maximum absolute atomic E-state index is 4.26. The fraction of sp³-hybridized carbons (Fsp3) is 0.455. The van der Waals surface area contributed by atoms with E-state index in [1.54, 1.807) is 22.7 Å². The van der Waals surface area contributed by atoms with Gasteiger partial charge in [-0.05, 0) is 25.8 Å². The van der Waals surface area contributed by atoms with Crippen molar-refractivity contribution < 1.29 is 0 Å². The van der Waals surface area contributed by atoms with Crippen LogP contribution in [0.2, 0.25) is 0 Å². The first-order valence-electron chi connectivity index (χ1n) is 5.41. The fourth-order valence-electron chi connectivity index (χ4n) is 1.44. The number of thiazole rings is 2. The molecule has 2 rings (SSSR count). The minimum Gasteiger partial charge on any atom is -0.311 e. The molecule has 0 aliphatic carbocycles. The van der Waals surface area contributed by atoms with Gasteiger partial charge in [-0.2, -0.15) is 0 Å². The highest BCUT2D eigenvalue weighted by atomic mass is 32.1. The molecule has 2 aromatic heterocycles. The molecule has 0 aliphatic rings. The molecule has 16 heavy (non-hydrogen) atoms. The zero-order valence-corrected chi connectivity index (χ0v) is 10.7. The van der Waals surface area contributed by atoms with Gasteiger partial charge in [0.05, 0.1) is 16.2 Å². The van der Waals surface area contributed by atoms with Crippen LogP contribution in [0.4, 0.5) is 0 Å². The molecule has 0 aromatic carbocycles. The number of nitrogens with zero attached hydrogens (tertiary/aromatic N) is 2. The largest absolute Gasteiger partial charge is 0.311 e. The van der Waals surface area contributed by atoms with Crippen LogP contribution in [-0.2, 0) is 13.0 Å². The molecule has 0 atom stereocenters. The fourth-order valence-corrected chi connectivity index (χ4v) is 2.67. The Morgan fingerprint density at radius 3 is 3.00 bits per heavy atom. The van der Waals surface area contributed by atoms with E-state index in [0.29, 0.717) is 0 Å². The highest BCUT2D eigenvalue weighted by Crippen LogP contribution is 2.07. The SMILES string of the molecule is c1csc(CCCCNCc2cscn2)n1. The molecule has 0 unspecified atom stereocenters. The second-order valence-electron chi connectivity index (χ2n) is 3.54. The van der Waals surface area contributed by atoms with E-state index >= 15 is 0 Å². The summed E-state index contributed by atoms with van der Waals surface area (Å²) in [5, 5.41) is 8.77. The molecule has 0 fully saturated rings. The lowest BCUT2D eigenvalue weighted by Gasteiger charge is -2.01. The summed E-state index contributed by atoms with van der Waals surface area (Å²) in [5.74, 6) is 0. The molecule has 0 aliphatic heterocycles. The van der Waals surface area contributed by atoms with Crippen molar-refractivity contribution in [3.63, 3.8) is 0 Å². The molecular formula is C11H15N3S2. The lowest BCUT2D eigenvalue weighted by Crippen LogP contribution is -2.14. The molecule has 0 bridgehead atoms. The maximum atomic E-state index is 4.26. The maximum Gasteiger partial charge on any atom is 0.0924 e. The van der Waals surface area contributed by atoms with Crippen LogP contribution in [0.25, 0.3) is 0 Å². The standard InChI is InChI=1S/C11H15N3S2/c1(3-11-13-5-6-16-11)2-4-12-7-10-8-15-9-14-10/h5-6,8-9,12H,1-4,7H2. The number of rotatable bonds is 7. The van der Waals surface area contributed by atoms with Gasteiger partial charge >= 0.3 is 0 Å². The van der Waals surface area contributed by atoms with E-state index in [0.717, 1.165) is 25.2 Å². The molecule has 0 saturated heterocycles. The van der Waals surface area contributed by atoms with Crippen molar-refractivity contribution in [3.8, 4) is 0 Å². The highest BCUT2D eigenvalue weighted by molar-refractivity contribution is 7.09. The van der Waals surface area contributed by atoms with Gasteiger partial charge in [0.15, 0.2) is 0 Å². The minimum atomic E-state index is 0.890. The van der Waals surface area contributed by atoms with Gasteiger partial charge in [-0.1, -0.05) is 0 Å². The Hall–Kier alpha value is -0.780. The van der Waals surface area contributed by atoms with E-state index in [-0.39, 0.29) is 0 Å². The molecule has 1 N–H and O–H groups in total. The summed E-state index contributed by atoms with van der Waals surface area (Å²) in [6.45, 7) is 1.95. The summed E-state index contributed by atoms with van der Waals surface area (Å²) in [6, 6.07) is 0. The molecule has 0 amide bonds. The molecule has 5 heteroatoms. The first kappa shape index (κ1) is 11.7. The van der Waals surface area contributed by atoms with Gasteiger partial charge in [-0.25, -0.2) is 9.97 Å². The highest BCUT2D eigenvalue weighted by Gasteiger charge is 1.96. The van der Waals surface area contributed by atoms with Crippen LogP contribution in [0.15, 0.2) is 22.5 Å². The van der Waals surface area contributed by atoms with Crippen LogP contribution in [0.1, 0.15) is 23.5 Å². The van der Waals surface area contributed by atoms with Gasteiger partial charge < -0.3 is 5.32 Å². The van der Waals surface area contributed by atoms with Gasteiger partial charge in [0.1, 0.15) is 0 Å². The van der Waals surface area contributed by atoms with Gasteiger partial charge in [0, 0.05) is 23.5 Å². The topological polar surface area (TPSA) is 37.8 Å². The number of aryl methyl sites for hydroxylation is 1. The molecule has 0 radical (unpaired) electrons. The summed E-state index contributed by atoms with van der Waals surface area (Å²) in [5.41, 5.74) is 3.02. The Labute approximate surface area is 104 Å². The predicted molar refractivity (Wildman–Crippen MR) is 68.9 cm³/mol. The minimum absolute atomic E-state index is 0.890. The van der Waals surface area contributed by atoms with Crippen molar-refractivity contribution in [2.24, 2.45) is 0 Å². The monoisotopic (exact) mass is 253 g/mol. The van der Waals surface area contributed by atoms with Crippen LogP contribution in [-0.4, -0.2) is 16.5 Å². The van der Waals surface area contributed by atoms with Crippen molar-refractivity contribution in [1.29, 1.82) is 0 Å². The first-order chi connectivity index (χ1) is 7.95. The number of nitrogens with one attached hydrogen (secondary N) is 1. The third kappa shape index (κ3) is 4.00. The van der Waals surface area contributed by atoms with Crippen LogP contribution >= 0.6 is 22.7 Å². The molecule has 0 spiro atoms. The zero-order chi connectivity index (χ0) is 11.1. The molecular weight excluding hydrogens is 238 g/mol. The normalized spacial score (nSPS) is 10.8. The Kier molecular flexibility index (Phi) is 4.92. The van der Waals surface area contributed by atoms with Crippen LogP contribution in [0, 0.1) is 0 Å². The summed E-state index contributed by atoms with van der Waals surface area (Å²) >= 11 is 3.39. The van der Waals surface area contributed by atoms with Crippen LogP contribution in [0.3, 0.4) is 0 Å². The van der Waals surface area contributed by atoms with Crippen molar-refractivity contribution >= 4 is 22.7 Å². The second-order valence-corrected chi connectivity index (χ2v) is 5.24. The van der Waals surface area contributed by atoms with E-state index in [9.17, 15) is 0 Å². The van der Waals surface area contributed by atoms with E-state index in [1.165, 1.54) is 17.8 Å². The molecule has 3 nitrogen and oxygen atoms in total. The summed E-state index contributed by atoms with van der Waals surface area (Å²) in [7, 11) is 0. The predicted octanol–water partition coefficient (Wildman–Crippen LogP) is 2.71. The third-order valence-electron chi connectivity index (χ3n) is 2.27. The van der Waals surface area contributed by atoms with Crippen LogP contribution < -0.4 is 5.32 Å². The lowest BCUT2D eigenvalue weighted by molar-refractivity contribution is 0.617. The van der Waals surface area contributed by atoms with Gasteiger partial charge in [0.25, 0.3) is 0 Å². The first-order valence-corrected chi connectivity index (χ1v) is 7.23. The summed E-state index contributed by atoms with van der Waals surface area (Å²) < 4.78 is 0. The smallest absolute Gasteiger partial charge is 0.0924 e. The molecule has 2 heterocycles. The van der Waals surface area contributed by atoms with Crippen molar-refractivity contribution in [3.05, 3.63) is 33.2 Å². The van der Waals surface area contributed by atoms with E-state index in [4.69, 9.17) is 0 Å². The second kappa shape index (κ2) is 6.73. The molecule has 2 aromatic rings. The Bertz CT molecular complexity index is 332. The molecule has 0 saturated carbocycles. The number of aromatic nitrogens is 2. The van der Waals surface area contributed by atoms with Crippen molar-refractivity contribution in [2.45, 2.75) is 25.8 Å². The number of hydrogen-bond acceptors (Lipinski definition) is 5. The number of unbranched alkanes of at least 4 members (excludes halogenated alkanes) is 1. The quantitative estimate of drug-likeness (QED) is 0.771. The van der Waals surface area contributed by atoms with Gasteiger partial charge in [-0.3, -0.25) is 0 Å². The Morgan fingerprint density at radius 1 is 1.25 bits per heavy atom. The summed E-state index contributed by atoms with van der Waals surface area (Å²) in [6.07, 6.45) is 5.39. The van der Waals surface area contributed by atoms with E-state index < -0.39 is 0 Å². The lowest BCUT2D eigenvalue weighted by atomic mass is 10.2. The average Bonchev–Trinajstić information content (AvgIpc) is 2.96. The third-order valence-corrected chi connectivity index (χ3v) is 3.74. The molecule has 86 valence electrons. The van der Waals surface area contributed by atoms with Crippen molar-refractivity contribution in [1.82, 2.24) is 15.3 Å². The van der Waals surface area contributed by atoms with E-state index in [2.05, 4.69) is 20.7 Å². The van der Waals surface area contributed by atoms with Crippen LogP contribution in [0.5, 0.6) is 0 Å². The van der Waals surface area contributed by atoms with Gasteiger partial charge in [-0.15, -0.1) is 22.7 Å². The van der Waals surface area contributed by atoms with Crippen molar-refractivity contribution in [2.75, 3.05) is 6.54 Å². The average molecular weight is 253 g/mol. The van der Waals surface area contributed by atoms with Gasteiger partial charge in [0.2, 0.25) is 0 Å². The number of hydrogen-bond donors (Lipinski definition) is 1. The summed E-state index contributed by atoms with van der Waals surface area (Å²) in [4.78, 5) is 8.49. The van der Waals surface area contributed by atoms with E-state index in [1.807, 2.05) is 17.1 Å².